The van der Waals surface area contributed by atoms with Gasteiger partial charge in [0.1, 0.15) is 0 Å². The van der Waals surface area contributed by atoms with E-state index in [1.807, 2.05) is 12.1 Å². The molecule has 2 aromatic carbocycles. The van der Waals surface area contributed by atoms with E-state index in [0.717, 1.165) is 0 Å². The van der Waals surface area contributed by atoms with Crippen LogP contribution in [0.5, 0.6) is 0 Å². The van der Waals surface area contributed by atoms with Gasteiger partial charge in [0.15, 0.2) is 0 Å². The van der Waals surface area contributed by atoms with Gasteiger partial charge < -0.3 is 5.73 Å². The molecule has 100 valence electrons. The van der Waals surface area contributed by atoms with Crippen molar-refractivity contribution in [1.29, 1.82) is 0 Å². The van der Waals surface area contributed by atoms with Crippen LogP contribution in [0.1, 0.15) is 28.7 Å². The molecule has 20 heavy (non-hydrogen) atoms. The molecule has 1 heterocycles. The fourth-order valence-corrected chi connectivity index (χ4v) is 3.29. The molecule has 0 bridgehead atoms. The summed E-state index contributed by atoms with van der Waals surface area (Å²) in [4.78, 5) is 0. The van der Waals surface area contributed by atoms with Gasteiger partial charge in [0.25, 0.3) is 0 Å². The highest BCUT2D eigenvalue weighted by atomic mass is 32.1. The first-order chi connectivity index (χ1) is 9.86. The summed E-state index contributed by atoms with van der Waals surface area (Å²) in [6, 6.07) is 23.1. The van der Waals surface area contributed by atoms with E-state index >= 15 is 0 Å². The monoisotopic (exact) mass is 279 g/mol. The van der Waals surface area contributed by atoms with Crippen LogP contribution in [0.15, 0.2) is 77.5 Å². The number of hydrogen-bond acceptors (Lipinski definition) is 2. The zero-order valence-electron chi connectivity index (χ0n) is 11.1. The number of nitrogens with two attached hydrogens (primary N) is 1. The van der Waals surface area contributed by atoms with Gasteiger partial charge in [0.2, 0.25) is 0 Å². The lowest BCUT2D eigenvalue weighted by molar-refractivity contribution is 0.631. The van der Waals surface area contributed by atoms with Crippen LogP contribution in [0.3, 0.4) is 0 Å². The Balaban J connectivity index is 2.05. The van der Waals surface area contributed by atoms with Crippen LogP contribution in [-0.2, 0) is 0 Å². The summed E-state index contributed by atoms with van der Waals surface area (Å²) in [5, 5.41) is 4.23. The SMILES string of the molecule is NC(c1ccsc1)C(c1ccccc1)c1ccccc1. The van der Waals surface area contributed by atoms with Gasteiger partial charge in [-0.1, -0.05) is 60.7 Å². The second kappa shape index (κ2) is 6.04. The fourth-order valence-electron chi connectivity index (χ4n) is 2.58. The third-order valence-electron chi connectivity index (χ3n) is 3.60. The van der Waals surface area contributed by atoms with Crippen LogP contribution in [0.2, 0.25) is 0 Å². The standard InChI is InChI=1S/C18H17NS/c19-18(16-11-12-20-13-16)17(14-7-3-1-4-8-14)15-9-5-2-6-10-15/h1-13,17-18H,19H2. The molecule has 0 saturated heterocycles. The highest BCUT2D eigenvalue weighted by molar-refractivity contribution is 7.07. The first-order valence-electron chi connectivity index (χ1n) is 6.74. The molecular formula is C18H17NS. The molecule has 0 radical (unpaired) electrons. The minimum atomic E-state index is -0.0222. The Hall–Kier alpha value is -1.90. The lowest BCUT2D eigenvalue weighted by Gasteiger charge is -2.24. The van der Waals surface area contributed by atoms with Crippen molar-refractivity contribution >= 4 is 11.3 Å². The van der Waals surface area contributed by atoms with Crippen molar-refractivity contribution in [2.24, 2.45) is 5.73 Å². The summed E-state index contributed by atoms with van der Waals surface area (Å²) in [6.45, 7) is 0. The highest BCUT2D eigenvalue weighted by Gasteiger charge is 2.23. The molecule has 0 aliphatic heterocycles. The second-order valence-electron chi connectivity index (χ2n) is 4.88. The van der Waals surface area contributed by atoms with Crippen molar-refractivity contribution in [2.75, 3.05) is 0 Å². The van der Waals surface area contributed by atoms with E-state index in [-0.39, 0.29) is 12.0 Å². The summed E-state index contributed by atoms with van der Waals surface area (Å²) in [5.74, 6) is 0.187. The van der Waals surface area contributed by atoms with E-state index in [0.29, 0.717) is 0 Å². The molecule has 2 heteroatoms. The minimum Gasteiger partial charge on any atom is -0.323 e. The third-order valence-corrected chi connectivity index (χ3v) is 4.31. The Morgan fingerprint density at radius 2 is 1.25 bits per heavy atom. The number of thiophene rings is 1. The van der Waals surface area contributed by atoms with Gasteiger partial charge in [-0.15, -0.1) is 0 Å². The Kier molecular flexibility index (Phi) is 3.95. The molecule has 0 spiro atoms. The number of benzene rings is 2. The maximum absolute atomic E-state index is 6.55. The van der Waals surface area contributed by atoms with Crippen molar-refractivity contribution < 1.29 is 0 Å². The van der Waals surface area contributed by atoms with Gasteiger partial charge in [-0.25, -0.2) is 0 Å². The Labute approximate surface area is 123 Å². The average Bonchev–Trinajstić information content (AvgIpc) is 3.04. The van der Waals surface area contributed by atoms with Crippen molar-refractivity contribution in [1.82, 2.24) is 0 Å². The van der Waals surface area contributed by atoms with E-state index in [9.17, 15) is 0 Å². The summed E-state index contributed by atoms with van der Waals surface area (Å²) in [5.41, 5.74) is 10.3. The summed E-state index contributed by atoms with van der Waals surface area (Å²) in [7, 11) is 0. The van der Waals surface area contributed by atoms with Gasteiger partial charge in [-0.3, -0.25) is 0 Å². The van der Waals surface area contributed by atoms with Gasteiger partial charge in [0, 0.05) is 12.0 Å². The molecule has 0 amide bonds. The molecule has 3 rings (SSSR count). The normalized spacial score (nSPS) is 12.5. The molecule has 0 fully saturated rings. The molecule has 0 saturated carbocycles. The van der Waals surface area contributed by atoms with Crippen LogP contribution in [0.25, 0.3) is 0 Å². The van der Waals surface area contributed by atoms with E-state index in [1.165, 1.54) is 16.7 Å². The molecule has 0 aliphatic rings. The fraction of sp³-hybridized carbons (Fsp3) is 0.111. The quantitative estimate of drug-likeness (QED) is 0.743. The molecule has 1 atom stereocenters. The van der Waals surface area contributed by atoms with E-state index < -0.39 is 0 Å². The van der Waals surface area contributed by atoms with Crippen LogP contribution in [0, 0.1) is 0 Å². The molecule has 3 aromatic rings. The molecular weight excluding hydrogens is 262 g/mol. The van der Waals surface area contributed by atoms with Crippen LogP contribution in [0.4, 0.5) is 0 Å². The average molecular weight is 279 g/mol. The van der Waals surface area contributed by atoms with E-state index in [2.05, 4.69) is 65.4 Å². The molecule has 1 unspecified atom stereocenters. The van der Waals surface area contributed by atoms with Crippen molar-refractivity contribution in [3.63, 3.8) is 0 Å². The zero-order valence-corrected chi connectivity index (χ0v) is 12.0. The first-order valence-corrected chi connectivity index (χ1v) is 7.68. The summed E-state index contributed by atoms with van der Waals surface area (Å²) >= 11 is 1.70. The molecule has 2 N–H and O–H groups in total. The molecule has 1 nitrogen and oxygen atoms in total. The van der Waals surface area contributed by atoms with Crippen LogP contribution < -0.4 is 5.73 Å². The maximum atomic E-state index is 6.55. The number of hydrogen-bond donors (Lipinski definition) is 1. The topological polar surface area (TPSA) is 26.0 Å². The molecule has 1 aromatic heterocycles. The van der Waals surface area contributed by atoms with Gasteiger partial charge in [0.05, 0.1) is 0 Å². The van der Waals surface area contributed by atoms with Gasteiger partial charge >= 0.3 is 0 Å². The lowest BCUT2D eigenvalue weighted by atomic mass is 9.83. The van der Waals surface area contributed by atoms with Crippen molar-refractivity contribution in [2.45, 2.75) is 12.0 Å². The molecule has 0 aliphatic carbocycles. The predicted octanol–water partition coefficient (Wildman–Crippen LogP) is 4.58. The largest absolute Gasteiger partial charge is 0.323 e. The summed E-state index contributed by atoms with van der Waals surface area (Å²) in [6.07, 6.45) is 0. The van der Waals surface area contributed by atoms with Gasteiger partial charge in [-0.2, -0.15) is 11.3 Å². The van der Waals surface area contributed by atoms with Crippen LogP contribution in [-0.4, -0.2) is 0 Å². The Morgan fingerprint density at radius 1 is 0.700 bits per heavy atom. The highest BCUT2D eigenvalue weighted by Crippen LogP contribution is 2.35. The third kappa shape index (κ3) is 2.67. The first kappa shape index (κ1) is 13.1. The summed E-state index contributed by atoms with van der Waals surface area (Å²) < 4.78 is 0. The van der Waals surface area contributed by atoms with Crippen LogP contribution >= 0.6 is 11.3 Å². The number of rotatable bonds is 4. The van der Waals surface area contributed by atoms with E-state index in [4.69, 9.17) is 5.73 Å². The minimum absolute atomic E-state index is 0.0222. The predicted molar refractivity (Wildman–Crippen MR) is 86.0 cm³/mol. The maximum Gasteiger partial charge on any atom is 0.0414 e. The Morgan fingerprint density at radius 3 is 1.70 bits per heavy atom. The van der Waals surface area contributed by atoms with Gasteiger partial charge in [-0.05, 0) is 33.5 Å². The van der Waals surface area contributed by atoms with Crippen molar-refractivity contribution in [3.05, 3.63) is 94.2 Å². The zero-order chi connectivity index (χ0) is 13.8. The smallest absolute Gasteiger partial charge is 0.0414 e. The van der Waals surface area contributed by atoms with E-state index in [1.54, 1.807) is 11.3 Å². The lowest BCUT2D eigenvalue weighted by Crippen LogP contribution is -2.20. The van der Waals surface area contributed by atoms with Crippen molar-refractivity contribution in [3.8, 4) is 0 Å². The Bertz CT molecular complexity index is 592. The second-order valence-corrected chi connectivity index (χ2v) is 5.66.